The van der Waals surface area contributed by atoms with Crippen LogP contribution in [0.5, 0.6) is 0 Å². The molecule has 1 saturated carbocycles. The Morgan fingerprint density at radius 2 is 2.10 bits per heavy atom. The molecule has 0 spiro atoms. The molecule has 0 aliphatic heterocycles. The maximum atomic E-state index is 12.9. The van der Waals surface area contributed by atoms with Gasteiger partial charge in [-0.15, -0.1) is 0 Å². The van der Waals surface area contributed by atoms with Crippen molar-refractivity contribution in [2.45, 2.75) is 19.0 Å². The number of H-pyrrole nitrogens is 1. The molecule has 2 heterocycles. The standard InChI is InChI=1S/C21H22N4O4/c1-22-20(28)16-7-13(19(27)24-18-8-14(18)11-26)10-25(21(16)29)9-12-3-2-4-17-15(12)5-6-23-17/h2-7,10,14,18,23,26H,8-9,11H2,1H3,(H,22,28)(H,24,27)/t14-,18+/m1/s1. The lowest BCUT2D eigenvalue weighted by molar-refractivity contribution is 0.0946. The summed E-state index contributed by atoms with van der Waals surface area (Å²) in [6, 6.07) is 8.90. The lowest BCUT2D eigenvalue weighted by Gasteiger charge is -2.12. The topological polar surface area (TPSA) is 116 Å². The second-order valence-corrected chi connectivity index (χ2v) is 7.27. The summed E-state index contributed by atoms with van der Waals surface area (Å²) < 4.78 is 1.39. The first-order valence-corrected chi connectivity index (χ1v) is 9.45. The number of pyridine rings is 1. The van der Waals surface area contributed by atoms with Crippen LogP contribution < -0.4 is 16.2 Å². The fourth-order valence-corrected chi connectivity index (χ4v) is 3.52. The lowest BCUT2D eigenvalue weighted by atomic mass is 10.1. The molecule has 4 N–H and O–H groups in total. The Hall–Kier alpha value is -3.39. The van der Waals surface area contributed by atoms with E-state index in [0.717, 1.165) is 22.9 Å². The van der Waals surface area contributed by atoms with Crippen molar-refractivity contribution in [2.75, 3.05) is 13.7 Å². The average Bonchev–Trinajstić information content (AvgIpc) is 3.29. The first-order valence-electron chi connectivity index (χ1n) is 9.45. The van der Waals surface area contributed by atoms with E-state index in [9.17, 15) is 14.4 Å². The molecule has 1 fully saturated rings. The van der Waals surface area contributed by atoms with Crippen molar-refractivity contribution in [1.29, 1.82) is 0 Å². The van der Waals surface area contributed by atoms with Crippen LogP contribution in [0.25, 0.3) is 10.9 Å². The van der Waals surface area contributed by atoms with Gasteiger partial charge in [0.25, 0.3) is 17.4 Å². The van der Waals surface area contributed by atoms with Crippen LogP contribution in [0.1, 0.15) is 32.7 Å². The van der Waals surface area contributed by atoms with Gasteiger partial charge in [-0.3, -0.25) is 14.4 Å². The summed E-state index contributed by atoms with van der Waals surface area (Å²) >= 11 is 0. The highest BCUT2D eigenvalue weighted by Crippen LogP contribution is 2.29. The van der Waals surface area contributed by atoms with Crippen molar-refractivity contribution in [2.24, 2.45) is 5.92 Å². The monoisotopic (exact) mass is 394 g/mol. The Kier molecular flexibility index (Phi) is 4.94. The SMILES string of the molecule is CNC(=O)c1cc(C(=O)N[C@H]2C[C@@H]2CO)cn(Cc2cccc3[nH]ccc23)c1=O. The zero-order valence-corrected chi connectivity index (χ0v) is 15.9. The molecule has 3 aromatic rings. The Morgan fingerprint density at radius 1 is 1.28 bits per heavy atom. The molecule has 2 amide bonds. The molecular weight excluding hydrogens is 372 g/mol. The summed E-state index contributed by atoms with van der Waals surface area (Å²) in [5, 5.41) is 15.4. The first-order chi connectivity index (χ1) is 14.0. The van der Waals surface area contributed by atoms with Crippen molar-refractivity contribution in [1.82, 2.24) is 20.2 Å². The van der Waals surface area contributed by atoms with Crippen molar-refractivity contribution in [3.05, 3.63) is 69.8 Å². The third kappa shape index (κ3) is 3.66. The normalized spacial score (nSPS) is 17.9. The van der Waals surface area contributed by atoms with Crippen LogP contribution in [-0.2, 0) is 6.54 Å². The highest BCUT2D eigenvalue weighted by Gasteiger charge is 2.37. The van der Waals surface area contributed by atoms with Gasteiger partial charge >= 0.3 is 0 Å². The van der Waals surface area contributed by atoms with Crippen LogP contribution in [0.15, 0.2) is 47.5 Å². The molecule has 0 unspecified atom stereocenters. The van der Waals surface area contributed by atoms with Crippen molar-refractivity contribution < 1.29 is 14.7 Å². The van der Waals surface area contributed by atoms with E-state index in [1.165, 1.54) is 23.9 Å². The smallest absolute Gasteiger partial charge is 0.263 e. The third-order valence-electron chi connectivity index (χ3n) is 5.32. The number of carbonyl (C=O) groups is 2. The minimum absolute atomic E-state index is 0.0224. The minimum Gasteiger partial charge on any atom is -0.396 e. The predicted molar refractivity (Wildman–Crippen MR) is 108 cm³/mol. The number of benzene rings is 1. The number of fused-ring (bicyclic) bond motifs is 1. The van der Waals surface area contributed by atoms with Crippen molar-refractivity contribution in [3.8, 4) is 0 Å². The number of rotatable bonds is 6. The Balaban J connectivity index is 1.72. The minimum atomic E-state index is -0.544. The predicted octanol–water partition coefficient (Wildman–Crippen LogP) is 0.848. The van der Waals surface area contributed by atoms with E-state index >= 15 is 0 Å². The molecule has 8 heteroatoms. The van der Waals surface area contributed by atoms with Crippen molar-refractivity contribution >= 4 is 22.7 Å². The molecule has 8 nitrogen and oxygen atoms in total. The van der Waals surface area contributed by atoms with Gasteiger partial charge in [-0.05, 0) is 30.2 Å². The van der Waals surface area contributed by atoms with Gasteiger partial charge in [0.15, 0.2) is 0 Å². The number of nitrogens with one attached hydrogen (secondary N) is 3. The summed E-state index contributed by atoms with van der Waals surface area (Å²) in [6.45, 7) is 0.246. The summed E-state index contributed by atoms with van der Waals surface area (Å²) in [4.78, 5) is 40.9. The van der Waals surface area contributed by atoms with Gasteiger partial charge in [-0.1, -0.05) is 12.1 Å². The van der Waals surface area contributed by atoms with E-state index in [-0.39, 0.29) is 42.1 Å². The number of hydrogen-bond acceptors (Lipinski definition) is 4. The maximum Gasteiger partial charge on any atom is 0.263 e. The van der Waals surface area contributed by atoms with Gasteiger partial charge in [0.1, 0.15) is 5.56 Å². The number of aliphatic hydroxyl groups excluding tert-OH is 1. The van der Waals surface area contributed by atoms with E-state index < -0.39 is 11.5 Å². The van der Waals surface area contributed by atoms with Crippen LogP contribution in [-0.4, -0.2) is 46.2 Å². The number of aromatic amines is 1. The van der Waals surface area contributed by atoms with Crippen LogP contribution in [0.3, 0.4) is 0 Å². The molecule has 29 heavy (non-hydrogen) atoms. The van der Waals surface area contributed by atoms with Gasteiger partial charge in [0.05, 0.1) is 12.1 Å². The van der Waals surface area contributed by atoms with Gasteiger partial charge in [-0.25, -0.2) is 0 Å². The van der Waals surface area contributed by atoms with Crippen LogP contribution in [0.4, 0.5) is 0 Å². The number of aliphatic hydroxyl groups is 1. The van der Waals surface area contributed by atoms with Crippen LogP contribution in [0, 0.1) is 5.92 Å². The Bertz CT molecular complexity index is 1150. The van der Waals surface area contributed by atoms with E-state index in [1.807, 2.05) is 30.5 Å². The number of nitrogens with zero attached hydrogens (tertiary/aromatic N) is 1. The lowest BCUT2D eigenvalue weighted by Crippen LogP contribution is -2.34. The summed E-state index contributed by atoms with van der Waals surface area (Å²) in [5.74, 6) is -0.850. The number of aromatic nitrogens is 2. The zero-order valence-electron chi connectivity index (χ0n) is 15.9. The highest BCUT2D eigenvalue weighted by atomic mass is 16.3. The first kappa shape index (κ1) is 18.9. The molecule has 4 rings (SSSR count). The number of hydrogen-bond donors (Lipinski definition) is 4. The van der Waals surface area contributed by atoms with Gasteiger partial charge < -0.3 is 25.3 Å². The summed E-state index contributed by atoms with van der Waals surface area (Å²) in [5.41, 5.74) is 1.52. The van der Waals surface area contributed by atoms with Gasteiger partial charge in [0, 0.05) is 48.9 Å². The molecule has 150 valence electrons. The fraction of sp³-hybridized carbons (Fsp3) is 0.286. The molecular formula is C21H22N4O4. The van der Waals surface area contributed by atoms with Crippen LogP contribution in [0.2, 0.25) is 0 Å². The Morgan fingerprint density at radius 3 is 2.83 bits per heavy atom. The second-order valence-electron chi connectivity index (χ2n) is 7.27. The van der Waals surface area contributed by atoms with E-state index in [1.54, 1.807) is 0 Å². The molecule has 0 saturated heterocycles. The van der Waals surface area contributed by atoms with Gasteiger partial charge in [-0.2, -0.15) is 0 Å². The molecule has 0 bridgehead atoms. The number of carbonyl (C=O) groups excluding carboxylic acids is 2. The van der Waals surface area contributed by atoms with E-state index in [4.69, 9.17) is 5.11 Å². The second kappa shape index (κ2) is 7.56. The zero-order chi connectivity index (χ0) is 20.5. The third-order valence-corrected chi connectivity index (χ3v) is 5.32. The quantitative estimate of drug-likeness (QED) is 0.496. The van der Waals surface area contributed by atoms with E-state index in [2.05, 4.69) is 15.6 Å². The molecule has 1 aliphatic rings. The van der Waals surface area contributed by atoms with E-state index in [0.29, 0.717) is 0 Å². The molecule has 2 aromatic heterocycles. The molecule has 1 aliphatic carbocycles. The van der Waals surface area contributed by atoms with Crippen LogP contribution >= 0.6 is 0 Å². The fourth-order valence-electron chi connectivity index (χ4n) is 3.52. The largest absolute Gasteiger partial charge is 0.396 e. The van der Waals surface area contributed by atoms with Crippen molar-refractivity contribution in [3.63, 3.8) is 0 Å². The molecule has 1 aromatic carbocycles. The van der Waals surface area contributed by atoms with Gasteiger partial charge in [0.2, 0.25) is 0 Å². The number of amides is 2. The Labute approximate surface area is 166 Å². The molecule has 2 atom stereocenters. The maximum absolute atomic E-state index is 12.9. The summed E-state index contributed by atoms with van der Waals surface area (Å²) in [6.07, 6.45) is 4.02. The summed E-state index contributed by atoms with van der Waals surface area (Å²) in [7, 11) is 1.44. The average molecular weight is 394 g/mol. The highest BCUT2D eigenvalue weighted by molar-refractivity contribution is 5.99. The molecule has 0 radical (unpaired) electrons.